The molecule has 234 valence electrons. The largest absolute Gasteiger partial charge is 0.525 e. The van der Waals surface area contributed by atoms with Gasteiger partial charge in [-0.25, -0.2) is 14.8 Å². The number of amides is 2. The summed E-state index contributed by atoms with van der Waals surface area (Å²) in [6, 6.07) is 10.5. The number of ether oxygens (including phenoxy) is 1. The molecule has 15 nitrogen and oxygen atoms in total. The quantitative estimate of drug-likeness (QED) is 0.232. The summed E-state index contributed by atoms with van der Waals surface area (Å²) < 4.78 is 24.1. The first-order valence-electron chi connectivity index (χ1n) is 14.1. The third-order valence-corrected chi connectivity index (χ3v) is 8.69. The van der Waals surface area contributed by atoms with Gasteiger partial charge in [-0.1, -0.05) is 43.7 Å². The second kappa shape index (κ2) is 14.7. The van der Waals surface area contributed by atoms with E-state index in [4.69, 9.17) is 14.4 Å². The summed E-state index contributed by atoms with van der Waals surface area (Å²) in [4.78, 5) is 66.0. The van der Waals surface area contributed by atoms with Crippen molar-refractivity contribution in [1.82, 2.24) is 25.2 Å². The van der Waals surface area contributed by atoms with Gasteiger partial charge in [-0.2, -0.15) is 0 Å². The van der Waals surface area contributed by atoms with Crippen molar-refractivity contribution in [2.24, 2.45) is 0 Å². The predicted octanol–water partition coefficient (Wildman–Crippen LogP) is 2.18. The minimum absolute atomic E-state index is 0.00111. The first-order valence-corrected chi connectivity index (χ1v) is 15.7. The van der Waals surface area contributed by atoms with Crippen LogP contribution in [0, 0.1) is 0 Å². The number of nitrogens with zero attached hydrogens (tertiary/aromatic N) is 5. The zero-order chi connectivity index (χ0) is 31.0. The molecule has 0 bridgehead atoms. The van der Waals surface area contributed by atoms with E-state index in [1.807, 2.05) is 30.0 Å². The van der Waals surface area contributed by atoms with Crippen LogP contribution in [0.3, 0.4) is 0 Å². The van der Waals surface area contributed by atoms with Gasteiger partial charge in [-0.05, 0) is 12.8 Å². The first-order chi connectivity index (χ1) is 20.6. The van der Waals surface area contributed by atoms with Crippen molar-refractivity contribution in [1.29, 1.82) is 0 Å². The van der Waals surface area contributed by atoms with Gasteiger partial charge in [-0.3, -0.25) is 14.2 Å². The van der Waals surface area contributed by atoms with Crippen LogP contribution in [0.5, 0.6) is 0 Å². The molecule has 0 saturated carbocycles. The van der Waals surface area contributed by atoms with Crippen molar-refractivity contribution < 1.29 is 43.0 Å². The van der Waals surface area contributed by atoms with Crippen molar-refractivity contribution in [3.8, 4) is 11.4 Å². The van der Waals surface area contributed by atoms with E-state index in [9.17, 15) is 23.8 Å². The van der Waals surface area contributed by atoms with E-state index in [0.29, 0.717) is 37.3 Å². The summed E-state index contributed by atoms with van der Waals surface area (Å²) in [7, 11) is -3.08. The number of piperazine rings is 1. The summed E-state index contributed by atoms with van der Waals surface area (Å²) in [5.41, 5.74) is 0.557. The van der Waals surface area contributed by atoms with E-state index >= 15 is 0 Å². The maximum Gasteiger partial charge on any atom is 0.525 e. The number of aromatic nitrogens is 2. The number of carboxylic acid groups (broad SMARTS) is 1. The Morgan fingerprint density at radius 3 is 2.47 bits per heavy atom. The minimum atomic E-state index is -4.71. The highest BCUT2D eigenvalue weighted by molar-refractivity contribution is 7.54. The standard InChI is InChI=1S/C27H37N6O9P/c1-3-4-16-41-43(38,39)25(26(35)31-12-14-33(15-13-31)42-27(36)37)30-24(34)21-17-22(32-11-10-20(18-32)40-2)29-23(28-21)19-8-6-5-7-9-19/h5-9,17,20,25H,3-4,10-16,18H2,1-2H3,(H,30,34)(H,36,37)(H,38,39)/t20-,25?/m0/s1. The Labute approximate surface area is 249 Å². The molecule has 0 spiro atoms. The molecular weight excluding hydrogens is 583 g/mol. The van der Waals surface area contributed by atoms with Crippen molar-refractivity contribution >= 4 is 31.4 Å². The molecule has 3 atom stereocenters. The normalized spacial score (nSPS) is 19.5. The van der Waals surface area contributed by atoms with E-state index in [-0.39, 0.29) is 50.4 Å². The lowest BCUT2D eigenvalue weighted by molar-refractivity contribution is -0.153. The van der Waals surface area contributed by atoms with Gasteiger partial charge in [0.05, 0.1) is 25.8 Å². The molecule has 2 aliphatic heterocycles. The molecule has 2 fully saturated rings. The number of hydrogen-bond acceptors (Lipinski definition) is 11. The topological polar surface area (TPSA) is 184 Å². The number of hydrogen-bond donors (Lipinski definition) is 3. The van der Waals surface area contributed by atoms with Crippen LogP contribution in [-0.4, -0.2) is 113 Å². The molecule has 2 aliphatic rings. The molecule has 1 aromatic heterocycles. The van der Waals surface area contributed by atoms with E-state index in [0.717, 1.165) is 11.5 Å². The Hall–Kier alpha value is -3.62. The van der Waals surface area contributed by atoms with Crippen LogP contribution in [-0.2, 0) is 23.5 Å². The highest BCUT2D eigenvalue weighted by Gasteiger charge is 2.43. The van der Waals surface area contributed by atoms with Gasteiger partial charge in [0.1, 0.15) is 11.5 Å². The van der Waals surface area contributed by atoms with Gasteiger partial charge in [0, 0.05) is 44.9 Å². The number of benzene rings is 1. The third-order valence-electron chi connectivity index (χ3n) is 7.14. The highest BCUT2D eigenvalue weighted by Crippen LogP contribution is 2.47. The Balaban J connectivity index is 1.62. The Morgan fingerprint density at radius 2 is 1.84 bits per heavy atom. The summed E-state index contributed by atoms with van der Waals surface area (Å²) in [6.07, 6.45) is 0.435. The van der Waals surface area contributed by atoms with Gasteiger partial charge in [-0.15, -0.1) is 5.06 Å². The maximum absolute atomic E-state index is 13.7. The molecule has 0 aliphatic carbocycles. The van der Waals surface area contributed by atoms with Crippen molar-refractivity contribution in [2.45, 2.75) is 38.1 Å². The number of anilines is 1. The molecule has 3 heterocycles. The number of carbonyl (C=O) groups is 3. The number of nitrogens with one attached hydrogen (secondary N) is 1. The van der Waals surface area contributed by atoms with Crippen LogP contribution in [0.2, 0.25) is 0 Å². The van der Waals surface area contributed by atoms with Crippen LogP contribution >= 0.6 is 7.60 Å². The lowest BCUT2D eigenvalue weighted by Crippen LogP contribution is -2.55. The molecule has 16 heteroatoms. The minimum Gasteiger partial charge on any atom is -0.448 e. The van der Waals surface area contributed by atoms with Gasteiger partial charge < -0.3 is 39.2 Å². The molecule has 2 unspecified atom stereocenters. The van der Waals surface area contributed by atoms with Gasteiger partial charge in [0.25, 0.3) is 11.8 Å². The van der Waals surface area contributed by atoms with Crippen molar-refractivity contribution in [3.63, 3.8) is 0 Å². The van der Waals surface area contributed by atoms with Crippen LogP contribution in [0.4, 0.5) is 10.6 Å². The molecule has 43 heavy (non-hydrogen) atoms. The van der Waals surface area contributed by atoms with Crippen molar-refractivity contribution in [3.05, 3.63) is 42.1 Å². The smallest absolute Gasteiger partial charge is 0.448 e. The molecule has 3 N–H and O–H groups in total. The fourth-order valence-electron chi connectivity index (χ4n) is 4.74. The Kier molecular flexibility index (Phi) is 11.0. The summed E-state index contributed by atoms with van der Waals surface area (Å²) in [5.74, 6) is -2.88. The average Bonchev–Trinajstić information content (AvgIpc) is 3.49. The molecule has 2 aromatic rings. The lowest BCUT2D eigenvalue weighted by Gasteiger charge is -2.35. The summed E-state index contributed by atoms with van der Waals surface area (Å²) in [5, 5.41) is 12.4. The van der Waals surface area contributed by atoms with Crippen molar-refractivity contribution in [2.75, 3.05) is 57.9 Å². The molecule has 0 radical (unpaired) electrons. The first kappa shape index (κ1) is 32.3. The van der Waals surface area contributed by atoms with Gasteiger partial charge in [0.2, 0.25) is 5.78 Å². The van der Waals surface area contributed by atoms with Gasteiger partial charge in [0.15, 0.2) is 5.82 Å². The van der Waals surface area contributed by atoms with E-state index in [1.165, 1.54) is 11.0 Å². The molecule has 4 rings (SSSR count). The van der Waals surface area contributed by atoms with E-state index in [1.54, 1.807) is 19.2 Å². The highest BCUT2D eigenvalue weighted by atomic mass is 31.2. The number of hydroxylamine groups is 2. The van der Waals surface area contributed by atoms with Crippen LogP contribution < -0.4 is 10.2 Å². The van der Waals surface area contributed by atoms with Crippen LogP contribution in [0.25, 0.3) is 11.4 Å². The zero-order valence-corrected chi connectivity index (χ0v) is 25.0. The molecule has 2 saturated heterocycles. The fraction of sp³-hybridized carbons (Fsp3) is 0.519. The molecule has 1 aromatic carbocycles. The predicted molar refractivity (Wildman–Crippen MR) is 154 cm³/mol. The zero-order valence-electron chi connectivity index (χ0n) is 24.1. The lowest BCUT2D eigenvalue weighted by atomic mass is 10.2. The maximum atomic E-state index is 13.7. The second-order valence-corrected chi connectivity index (χ2v) is 12.0. The Morgan fingerprint density at radius 1 is 1.12 bits per heavy atom. The second-order valence-electron chi connectivity index (χ2n) is 10.1. The third kappa shape index (κ3) is 8.48. The monoisotopic (exact) mass is 620 g/mol. The van der Waals surface area contributed by atoms with Gasteiger partial charge >= 0.3 is 13.8 Å². The number of carbonyl (C=O) groups excluding carboxylic acids is 2. The molecule has 2 amide bonds. The summed E-state index contributed by atoms with van der Waals surface area (Å²) in [6.45, 7) is 3.06. The summed E-state index contributed by atoms with van der Waals surface area (Å²) >= 11 is 0. The average molecular weight is 621 g/mol. The van der Waals surface area contributed by atoms with E-state index in [2.05, 4.69) is 20.1 Å². The fourth-order valence-corrected chi connectivity index (χ4v) is 6.00. The number of methoxy groups -OCH3 is 1. The number of rotatable bonds is 12. The van der Waals surface area contributed by atoms with Crippen LogP contribution in [0.15, 0.2) is 36.4 Å². The molecular formula is C27H37N6O9P. The SMILES string of the molecule is CCCCOP(=O)(O)C(NC(=O)c1cc(N2CC[C@H](OC)C2)nc(-c2ccccc2)n1)C(=O)N1CCN(OC(=O)O)CC1. The number of unbranched alkanes of at least 4 members (excludes halogenated alkanes) is 1. The van der Waals surface area contributed by atoms with Crippen LogP contribution in [0.1, 0.15) is 36.7 Å². The van der Waals surface area contributed by atoms with E-state index < -0.39 is 31.3 Å². The Bertz CT molecular complexity index is 1330.